The van der Waals surface area contributed by atoms with E-state index in [1.54, 1.807) is 0 Å². The van der Waals surface area contributed by atoms with E-state index in [2.05, 4.69) is 12.2 Å². The number of nitrogens with zero attached hydrogens (tertiary/aromatic N) is 1. The lowest BCUT2D eigenvalue weighted by Crippen LogP contribution is -2.40. The van der Waals surface area contributed by atoms with E-state index in [0.717, 1.165) is 32.1 Å². The second kappa shape index (κ2) is 8.33. The minimum atomic E-state index is -3.69. The van der Waals surface area contributed by atoms with Gasteiger partial charge in [0.2, 0.25) is 10.0 Å². The zero-order chi connectivity index (χ0) is 18.6. The molecule has 1 aromatic rings. The van der Waals surface area contributed by atoms with Gasteiger partial charge in [0.15, 0.2) is 0 Å². The number of carbonyl (C=O) groups is 1. The Bertz CT molecular complexity index is 751. The van der Waals surface area contributed by atoms with Crippen molar-refractivity contribution in [2.75, 3.05) is 19.7 Å². The summed E-state index contributed by atoms with van der Waals surface area (Å²) in [4.78, 5) is 11.1. The van der Waals surface area contributed by atoms with Crippen molar-refractivity contribution in [3.05, 3.63) is 42.0 Å². The fraction of sp³-hybridized carbons (Fsp3) is 0.526. The summed E-state index contributed by atoms with van der Waals surface area (Å²) in [6.45, 7) is 1.49. The first-order valence-electron chi connectivity index (χ1n) is 9.07. The van der Waals surface area contributed by atoms with E-state index in [1.807, 2.05) is 0 Å². The molecule has 0 unspecified atom stereocenters. The number of allylic oxidation sites excluding steroid dienone is 2. The molecule has 0 amide bonds. The number of sulfonamides is 1. The summed E-state index contributed by atoms with van der Waals surface area (Å²) in [5, 5.41) is 9.01. The molecule has 6 nitrogen and oxygen atoms in total. The van der Waals surface area contributed by atoms with Gasteiger partial charge in [-0.1, -0.05) is 12.2 Å². The van der Waals surface area contributed by atoms with Gasteiger partial charge in [0, 0.05) is 19.7 Å². The van der Waals surface area contributed by atoms with Gasteiger partial charge in [0.05, 0.1) is 16.6 Å². The summed E-state index contributed by atoms with van der Waals surface area (Å²) in [7, 11) is -3.69. The van der Waals surface area contributed by atoms with Gasteiger partial charge in [-0.25, -0.2) is 13.2 Å². The van der Waals surface area contributed by atoms with Gasteiger partial charge in [-0.05, 0) is 62.3 Å². The second-order valence-corrected chi connectivity index (χ2v) is 8.87. The molecule has 0 radical (unpaired) electrons. The van der Waals surface area contributed by atoms with Crippen LogP contribution in [0, 0.1) is 5.92 Å². The molecule has 1 heterocycles. The predicted molar refractivity (Wildman–Crippen MR) is 97.6 cm³/mol. The Hall–Kier alpha value is -1.70. The van der Waals surface area contributed by atoms with Crippen molar-refractivity contribution in [3.63, 3.8) is 0 Å². The molecule has 0 saturated carbocycles. The van der Waals surface area contributed by atoms with Crippen molar-refractivity contribution in [3.8, 4) is 0 Å². The molecular weight excluding hydrogens is 354 g/mol. The third kappa shape index (κ3) is 4.52. The Morgan fingerprint density at radius 2 is 1.92 bits per heavy atom. The standard InChI is InChI=1S/C19H25NO5S/c21-19(22)16-8-10-18(11-9-16)26(23,24)20(14-17-7-4-12-25-17)13-15-5-2-1-3-6-15/h1-2,8-11,15,17H,3-7,12-14H2,(H,21,22)/t15-,17-/m0/s1. The number of ether oxygens (including phenoxy) is 1. The summed E-state index contributed by atoms with van der Waals surface area (Å²) in [6.07, 6.45) is 8.86. The zero-order valence-corrected chi connectivity index (χ0v) is 15.5. The van der Waals surface area contributed by atoms with Crippen molar-refractivity contribution < 1.29 is 23.1 Å². The smallest absolute Gasteiger partial charge is 0.335 e. The normalized spacial score (nSPS) is 23.4. The Balaban J connectivity index is 1.82. The van der Waals surface area contributed by atoms with Crippen molar-refractivity contribution in [1.82, 2.24) is 4.31 Å². The van der Waals surface area contributed by atoms with Crippen LogP contribution in [0.25, 0.3) is 0 Å². The maximum Gasteiger partial charge on any atom is 0.335 e. The number of carboxylic acids is 1. The molecule has 0 bridgehead atoms. The molecule has 1 aliphatic heterocycles. The maximum absolute atomic E-state index is 13.2. The molecular formula is C19H25NO5S. The van der Waals surface area contributed by atoms with Gasteiger partial charge < -0.3 is 9.84 Å². The molecule has 1 fully saturated rings. The van der Waals surface area contributed by atoms with Crippen molar-refractivity contribution >= 4 is 16.0 Å². The van der Waals surface area contributed by atoms with Crippen LogP contribution in [-0.2, 0) is 14.8 Å². The van der Waals surface area contributed by atoms with E-state index < -0.39 is 16.0 Å². The van der Waals surface area contributed by atoms with E-state index in [4.69, 9.17) is 9.84 Å². The number of hydrogen-bond acceptors (Lipinski definition) is 4. The fourth-order valence-electron chi connectivity index (χ4n) is 3.51. The topological polar surface area (TPSA) is 83.9 Å². The average Bonchev–Trinajstić information content (AvgIpc) is 3.15. The molecule has 1 N–H and O–H groups in total. The van der Waals surface area contributed by atoms with Gasteiger partial charge in [-0.2, -0.15) is 4.31 Å². The lowest BCUT2D eigenvalue weighted by molar-refractivity contribution is 0.0696. The minimum Gasteiger partial charge on any atom is -0.478 e. The minimum absolute atomic E-state index is 0.0674. The van der Waals surface area contributed by atoms with Crippen LogP contribution in [0.3, 0.4) is 0 Å². The maximum atomic E-state index is 13.2. The lowest BCUT2D eigenvalue weighted by Gasteiger charge is -2.29. The number of benzene rings is 1. The zero-order valence-electron chi connectivity index (χ0n) is 14.7. The predicted octanol–water partition coefficient (Wildman–Crippen LogP) is 2.91. The largest absolute Gasteiger partial charge is 0.478 e. The van der Waals surface area contributed by atoms with Gasteiger partial charge in [-0.3, -0.25) is 0 Å². The Morgan fingerprint density at radius 3 is 2.50 bits per heavy atom. The number of carboxylic acid groups (broad SMARTS) is 1. The molecule has 1 aromatic carbocycles. The Labute approximate surface area is 154 Å². The van der Waals surface area contributed by atoms with Crippen LogP contribution in [0.4, 0.5) is 0 Å². The molecule has 1 aliphatic carbocycles. The lowest BCUT2D eigenvalue weighted by atomic mass is 9.94. The molecule has 0 aromatic heterocycles. The molecule has 3 rings (SSSR count). The van der Waals surface area contributed by atoms with Crippen molar-refractivity contribution in [1.29, 1.82) is 0 Å². The summed E-state index contributed by atoms with van der Waals surface area (Å²) in [5.41, 5.74) is 0.0760. The monoisotopic (exact) mass is 379 g/mol. The van der Waals surface area contributed by atoms with Gasteiger partial charge >= 0.3 is 5.97 Å². The highest BCUT2D eigenvalue weighted by molar-refractivity contribution is 7.89. The molecule has 7 heteroatoms. The second-order valence-electron chi connectivity index (χ2n) is 6.94. The van der Waals surface area contributed by atoms with Crippen LogP contribution in [0.15, 0.2) is 41.3 Å². The van der Waals surface area contributed by atoms with Crippen molar-refractivity contribution in [2.45, 2.75) is 43.1 Å². The molecule has 26 heavy (non-hydrogen) atoms. The number of hydrogen-bond donors (Lipinski definition) is 1. The number of rotatable bonds is 7. The Morgan fingerprint density at radius 1 is 1.15 bits per heavy atom. The van der Waals surface area contributed by atoms with E-state index in [-0.39, 0.29) is 16.6 Å². The first kappa shape index (κ1) is 19.1. The van der Waals surface area contributed by atoms with E-state index in [9.17, 15) is 13.2 Å². The highest BCUT2D eigenvalue weighted by atomic mass is 32.2. The highest BCUT2D eigenvalue weighted by Crippen LogP contribution is 2.25. The van der Waals surface area contributed by atoms with Crippen LogP contribution in [0.5, 0.6) is 0 Å². The van der Waals surface area contributed by atoms with Crippen LogP contribution < -0.4 is 0 Å². The summed E-state index contributed by atoms with van der Waals surface area (Å²) < 4.78 is 33.5. The van der Waals surface area contributed by atoms with Crippen LogP contribution in [0.1, 0.15) is 42.5 Å². The van der Waals surface area contributed by atoms with E-state index in [1.165, 1.54) is 28.6 Å². The van der Waals surface area contributed by atoms with E-state index >= 15 is 0 Å². The third-order valence-electron chi connectivity index (χ3n) is 5.01. The van der Waals surface area contributed by atoms with Gasteiger partial charge in [0.25, 0.3) is 0 Å². The summed E-state index contributed by atoms with van der Waals surface area (Å²) in [6, 6.07) is 5.43. The summed E-state index contributed by atoms with van der Waals surface area (Å²) in [5.74, 6) is -0.770. The molecule has 0 spiro atoms. The van der Waals surface area contributed by atoms with E-state index in [0.29, 0.717) is 25.6 Å². The average molecular weight is 379 g/mol. The first-order valence-corrected chi connectivity index (χ1v) is 10.5. The quantitative estimate of drug-likeness (QED) is 0.737. The van der Waals surface area contributed by atoms with Crippen LogP contribution >= 0.6 is 0 Å². The molecule has 2 atom stereocenters. The van der Waals surface area contributed by atoms with Crippen molar-refractivity contribution in [2.24, 2.45) is 5.92 Å². The highest BCUT2D eigenvalue weighted by Gasteiger charge is 2.31. The molecule has 142 valence electrons. The van der Waals surface area contributed by atoms with Crippen LogP contribution in [-0.4, -0.2) is 49.6 Å². The van der Waals surface area contributed by atoms with Gasteiger partial charge in [0.1, 0.15) is 0 Å². The van der Waals surface area contributed by atoms with Crippen LogP contribution in [0.2, 0.25) is 0 Å². The first-order chi connectivity index (χ1) is 12.5. The molecule has 2 aliphatic rings. The third-order valence-corrected chi connectivity index (χ3v) is 6.86. The SMILES string of the molecule is O=C(O)c1ccc(S(=O)(=O)N(C[C@H]2CC=CCC2)C[C@@H]2CCCO2)cc1. The molecule has 1 saturated heterocycles. The summed E-state index contributed by atoms with van der Waals surface area (Å²) >= 11 is 0. The van der Waals surface area contributed by atoms with Gasteiger partial charge in [-0.15, -0.1) is 0 Å². The fourth-order valence-corrected chi connectivity index (χ4v) is 5.06. The number of aromatic carboxylic acids is 1. The Kier molecular flexibility index (Phi) is 6.11.